The largest absolute Gasteiger partial charge is 0.414 e. The number of hydrogen-bond donors (Lipinski definition) is 1. The maximum Gasteiger partial charge on any atom is 0.189 e. The van der Waals surface area contributed by atoms with Crippen molar-refractivity contribution in [3.8, 4) is 0 Å². The second kappa shape index (κ2) is 9.20. The molecular weight excluding hydrogens is 422 g/mol. The zero-order chi connectivity index (χ0) is 23.4. The molecule has 0 radical (unpaired) electrons. The molecule has 4 saturated carbocycles. The lowest BCUT2D eigenvalue weighted by molar-refractivity contribution is -0.153. The normalized spacial score (nSPS) is 48.7. The second-order valence-electron chi connectivity index (χ2n) is 13.7. The summed E-state index contributed by atoms with van der Waals surface area (Å²) in [4.78, 5) is 2.69. The number of hydrogen-bond acceptors (Lipinski definition) is 3. The van der Waals surface area contributed by atoms with Crippen molar-refractivity contribution in [1.82, 2.24) is 4.90 Å². The first-order chi connectivity index (χ1) is 15.7. The third kappa shape index (κ3) is 4.11. The molecule has 3 nitrogen and oxygen atoms in total. The number of rotatable bonds is 5. The fourth-order valence-electron chi connectivity index (χ4n) is 9.80. The Morgan fingerprint density at radius 2 is 1.61 bits per heavy atom. The third-order valence-electron chi connectivity index (χ3n) is 12.4. The maximum atomic E-state index is 11.2. The van der Waals surface area contributed by atoms with E-state index >= 15 is 0 Å². The van der Waals surface area contributed by atoms with Crippen LogP contribution in [0.15, 0.2) is 0 Å². The van der Waals surface area contributed by atoms with E-state index < -0.39 is 8.32 Å². The highest BCUT2D eigenvalue weighted by Gasteiger charge is 2.62. The van der Waals surface area contributed by atoms with E-state index in [0.717, 1.165) is 30.1 Å². The van der Waals surface area contributed by atoms with Gasteiger partial charge < -0.3 is 9.53 Å². The topological polar surface area (TPSA) is 32.7 Å². The molecule has 5 aliphatic rings. The molecule has 5 fully saturated rings. The van der Waals surface area contributed by atoms with Gasteiger partial charge in [0.1, 0.15) is 0 Å². The van der Waals surface area contributed by atoms with Gasteiger partial charge in [0.25, 0.3) is 0 Å². The summed E-state index contributed by atoms with van der Waals surface area (Å²) in [6.07, 6.45) is 15.0. The van der Waals surface area contributed by atoms with Crippen molar-refractivity contribution in [2.24, 2.45) is 34.5 Å². The summed E-state index contributed by atoms with van der Waals surface area (Å²) >= 11 is 0. The SMILES string of the molecule is CC[Si](C)(CC)O[C@H]1CCC2C3CCC4C[C@H](O)[C@@H](N5CCCCC5)C[C@]4(C)C3CC[C@@]21C. The number of aliphatic hydroxyl groups is 1. The lowest BCUT2D eigenvalue weighted by Crippen LogP contribution is -2.60. The summed E-state index contributed by atoms with van der Waals surface area (Å²) in [6.45, 7) is 14.9. The van der Waals surface area contributed by atoms with Crippen molar-refractivity contribution in [3.63, 3.8) is 0 Å². The molecule has 4 heteroatoms. The monoisotopic (exact) mass is 475 g/mol. The molecule has 1 aliphatic heterocycles. The van der Waals surface area contributed by atoms with Crippen LogP contribution in [0.5, 0.6) is 0 Å². The van der Waals surface area contributed by atoms with Crippen molar-refractivity contribution >= 4 is 8.32 Å². The quantitative estimate of drug-likeness (QED) is 0.441. The second-order valence-corrected chi connectivity index (χ2v) is 18.3. The number of nitrogens with zero attached hydrogens (tertiary/aromatic N) is 1. The van der Waals surface area contributed by atoms with Gasteiger partial charge in [0.05, 0.1) is 12.2 Å². The van der Waals surface area contributed by atoms with Gasteiger partial charge in [-0.1, -0.05) is 34.1 Å². The molecule has 33 heavy (non-hydrogen) atoms. The minimum absolute atomic E-state index is 0.0958. The maximum absolute atomic E-state index is 11.2. The molecule has 0 aromatic carbocycles. The first kappa shape index (κ1) is 24.8. The van der Waals surface area contributed by atoms with Crippen molar-refractivity contribution in [3.05, 3.63) is 0 Å². The summed E-state index contributed by atoms with van der Waals surface area (Å²) < 4.78 is 7.09. The minimum atomic E-state index is -1.54. The van der Waals surface area contributed by atoms with Gasteiger partial charge in [-0.3, -0.25) is 4.90 Å². The van der Waals surface area contributed by atoms with E-state index in [1.807, 2.05) is 0 Å². The lowest BCUT2D eigenvalue weighted by atomic mass is 9.44. The van der Waals surface area contributed by atoms with E-state index in [2.05, 4.69) is 39.1 Å². The van der Waals surface area contributed by atoms with E-state index in [9.17, 15) is 5.11 Å². The molecule has 0 aromatic rings. The zero-order valence-electron chi connectivity index (χ0n) is 22.5. The average Bonchev–Trinajstić information content (AvgIpc) is 3.15. The van der Waals surface area contributed by atoms with Crippen LogP contribution in [0, 0.1) is 34.5 Å². The van der Waals surface area contributed by atoms with E-state index in [-0.39, 0.29) is 6.10 Å². The first-order valence-corrected chi connectivity index (χ1v) is 17.7. The van der Waals surface area contributed by atoms with Crippen LogP contribution in [0.2, 0.25) is 18.6 Å². The fraction of sp³-hybridized carbons (Fsp3) is 1.00. The zero-order valence-corrected chi connectivity index (χ0v) is 23.5. The fourth-order valence-corrected chi connectivity index (χ4v) is 11.7. The lowest BCUT2D eigenvalue weighted by Gasteiger charge is -2.62. The summed E-state index contributed by atoms with van der Waals surface area (Å²) in [7, 11) is -1.54. The Labute approximate surface area is 205 Å². The summed E-state index contributed by atoms with van der Waals surface area (Å²) in [5.41, 5.74) is 0.837. The van der Waals surface area contributed by atoms with Gasteiger partial charge in [-0.15, -0.1) is 0 Å². The van der Waals surface area contributed by atoms with Gasteiger partial charge in [-0.05, 0) is 130 Å². The van der Waals surface area contributed by atoms with Crippen molar-refractivity contribution in [1.29, 1.82) is 0 Å². The van der Waals surface area contributed by atoms with E-state index in [1.165, 1.54) is 89.4 Å². The van der Waals surface area contributed by atoms with Crippen LogP contribution in [0.25, 0.3) is 0 Å². The van der Waals surface area contributed by atoms with Gasteiger partial charge in [-0.2, -0.15) is 0 Å². The summed E-state index contributed by atoms with van der Waals surface area (Å²) in [5, 5.41) is 11.2. The number of likely N-dealkylation sites (tertiary alicyclic amines) is 1. The highest BCUT2D eigenvalue weighted by atomic mass is 28.4. The predicted octanol–water partition coefficient (Wildman–Crippen LogP) is 6.85. The molecule has 0 amide bonds. The molecule has 5 rings (SSSR count). The van der Waals surface area contributed by atoms with Gasteiger partial charge in [0, 0.05) is 6.04 Å². The number of fused-ring (bicyclic) bond motifs is 5. The molecular formula is C29H53NO2Si. The Morgan fingerprint density at radius 3 is 2.30 bits per heavy atom. The van der Waals surface area contributed by atoms with Gasteiger partial charge in [0.15, 0.2) is 8.32 Å². The van der Waals surface area contributed by atoms with Crippen LogP contribution in [0.4, 0.5) is 0 Å². The molecule has 1 saturated heterocycles. The predicted molar refractivity (Wildman–Crippen MR) is 140 cm³/mol. The molecule has 1 N–H and O–H groups in total. The highest BCUT2D eigenvalue weighted by Crippen LogP contribution is 2.67. The van der Waals surface area contributed by atoms with Crippen molar-refractivity contribution in [2.75, 3.05) is 13.1 Å². The Kier molecular flexibility index (Phi) is 6.90. The molecule has 9 atom stereocenters. The van der Waals surface area contributed by atoms with Crippen LogP contribution >= 0.6 is 0 Å². The van der Waals surface area contributed by atoms with E-state index in [0.29, 0.717) is 23.0 Å². The highest BCUT2D eigenvalue weighted by molar-refractivity contribution is 6.72. The van der Waals surface area contributed by atoms with Crippen LogP contribution in [-0.2, 0) is 4.43 Å². The summed E-state index contributed by atoms with van der Waals surface area (Å²) in [6, 6.07) is 2.93. The van der Waals surface area contributed by atoms with Gasteiger partial charge in [-0.25, -0.2) is 0 Å². The number of piperidine rings is 1. The Bertz CT molecular complexity index is 691. The summed E-state index contributed by atoms with van der Waals surface area (Å²) in [5.74, 6) is 3.37. The van der Waals surface area contributed by atoms with Crippen LogP contribution in [0.3, 0.4) is 0 Å². The standard InChI is InChI=1S/C29H53NO2Si/c1-6-33(5,7-2)32-27-14-13-23-22-12-11-21-19-26(31)25(30-17-9-8-10-18-30)20-29(21,4)24(22)15-16-28(23,27)3/h21-27,31H,6-20H2,1-5H3/t21?,22?,23?,24?,25-,26-,27-,28-,29-/m0/s1. The Balaban J connectivity index is 1.35. The van der Waals surface area contributed by atoms with Crippen molar-refractivity contribution < 1.29 is 9.53 Å². The number of aliphatic hydroxyl groups excluding tert-OH is 1. The third-order valence-corrected chi connectivity index (χ3v) is 16.2. The van der Waals surface area contributed by atoms with Crippen LogP contribution in [-0.4, -0.2) is 49.7 Å². The Morgan fingerprint density at radius 1 is 0.909 bits per heavy atom. The smallest absolute Gasteiger partial charge is 0.189 e. The van der Waals surface area contributed by atoms with E-state index in [1.54, 1.807) is 0 Å². The van der Waals surface area contributed by atoms with Crippen LogP contribution < -0.4 is 0 Å². The molecule has 0 bridgehead atoms. The molecule has 4 unspecified atom stereocenters. The molecule has 1 heterocycles. The minimum Gasteiger partial charge on any atom is -0.414 e. The van der Waals surface area contributed by atoms with Gasteiger partial charge >= 0.3 is 0 Å². The average molecular weight is 476 g/mol. The van der Waals surface area contributed by atoms with E-state index in [4.69, 9.17) is 4.43 Å². The Hall–Kier alpha value is 0.0969. The van der Waals surface area contributed by atoms with Crippen molar-refractivity contribution in [2.45, 2.75) is 135 Å². The first-order valence-electron chi connectivity index (χ1n) is 14.8. The molecule has 190 valence electrons. The molecule has 0 spiro atoms. The van der Waals surface area contributed by atoms with Crippen LogP contribution in [0.1, 0.15) is 98.3 Å². The molecule has 0 aromatic heterocycles. The van der Waals surface area contributed by atoms with Gasteiger partial charge in [0.2, 0.25) is 0 Å². The molecule has 4 aliphatic carbocycles.